The van der Waals surface area contributed by atoms with E-state index in [1.807, 2.05) is 0 Å². The van der Waals surface area contributed by atoms with Crippen LogP contribution in [0.5, 0.6) is 11.5 Å². The first-order chi connectivity index (χ1) is 15.1. The van der Waals surface area contributed by atoms with Crippen molar-refractivity contribution >= 4 is 6.03 Å². The molecule has 3 fully saturated rings. The first-order valence-corrected chi connectivity index (χ1v) is 12.4. The lowest BCUT2D eigenvalue weighted by Gasteiger charge is -2.46. The van der Waals surface area contributed by atoms with Gasteiger partial charge < -0.3 is 24.6 Å². The van der Waals surface area contributed by atoms with Crippen LogP contribution in [0.3, 0.4) is 0 Å². The number of benzene rings is 1. The van der Waals surface area contributed by atoms with Crippen LogP contribution < -0.4 is 14.8 Å². The van der Waals surface area contributed by atoms with Crippen molar-refractivity contribution in [1.29, 1.82) is 0 Å². The summed E-state index contributed by atoms with van der Waals surface area (Å²) < 4.78 is 11.8. The first kappa shape index (κ1) is 19.7. The Labute approximate surface area is 185 Å². The summed E-state index contributed by atoms with van der Waals surface area (Å²) in [4.78, 5) is 18.1. The second-order valence-corrected chi connectivity index (χ2v) is 10.4. The van der Waals surface area contributed by atoms with Crippen molar-refractivity contribution in [2.75, 3.05) is 39.4 Å². The molecule has 2 atom stereocenters. The van der Waals surface area contributed by atoms with Gasteiger partial charge in [-0.15, -0.1) is 0 Å². The van der Waals surface area contributed by atoms with Crippen LogP contribution in [-0.4, -0.2) is 61.3 Å². The largest absolute Gasteiger partial charge is 0.486 e. The van der Waals surface area contributed by atoms with Gasteiger partial charge in [-0.3, -0.25) is 0 Å². The Kier molecular flexibility index (Phi) is 4.82. The zero-order valence-corrected chi connectivity index (χ0v) is 18.7. The minimum Gasteiger partial charge on any atom is -0.486 e. The summed E-state index contributed by atoms with van der Waals surface area (Å²) in [6, 6.07) is 5.36. The van der Waals surface area contributed by atoms with Gasteiger partial charge in [0.15, 0.2) is 11.5 Å². The molecule has 2 aliphatic carbocycles. The highest BCUT2D eigenvalue weighted by Gasteiger charge is 2.46. The van der Waals surface area contributed by atoms with Gasteiger partial charge in [0.2, 0.25) is 0 Å². The fourth-order valence-corrected chi connectivity index (χ4v) is 6.49. The van der Waals surface area contributed by atoms with Crippen LogP contribution in [0.2, 0.25) is 0 Å². The second-order valence-electron chi connectivity index (χ2n) is 10.4. The third-order valence-electron chi connectivity index (χ3n) is 8.42. The van der Waals surface area contributed by atoms with Crippen LogP contribution in [0.25, 0.3) is 0 Å². The van der Waals surface area contributed by atoms with Crippen molar-refractivity contribution in [3.05, 3.63) is 23.3 Å². The zero-order valence-electron chi connectivity index (χ0n) is 18.7. The van der Waals surface area contributed by atoms with Crippen LogP contribution in [-0.2, 0) is 5.41 Å². The van der Waals surface area contributed by atoms with E-state index in [4.69, 9.17) is 9.47 Å². The number of carbonyl (C=O) groups excluding carboxylic acids is 1. The number of ether oxygens (including phenoxy) is 2. The summed E-state index contributed by atoms with van der Waals surface area (Å²) in [6.45, 7) is 7.33. The first-order valence-electron chi connectivity index (χ1n) is 12.4. The Bertz CT molecular complexity index is 862. The van der Waals surface area contributed by atoms with Gasteiger partial charge in [-0.05, 0) is 74.8 Å². The standard InChI is InChI=1S/C25H35N3O3/c1-17-20-12-22-23(31-11-10-30-22)13-21(20)25(7-2-3-8-25)16-28(17)24(29)26-14-18-6-9-27(15-18)19-4-5-19/h12-13,17-19H,2-11,14-16H2,1H3,(H,26,29). The van der Waals surface area contributed by atoms with Gasteiger partial charge in [0, 0.05) is 31.1 Å². The van der Waals surface area contributed by atoms with Crippen LogP contribution in [0.1, 0.15) is 69.0 Å². The maximum Gasteiger partial charge on any atom is 0.317 e. The highest BCUT2D eigenvalue weighted by molar-refractivity contribution is 5.76. The Balaban J connectivity index is 1.21. The van der Waals surface area contributed by atoms with E-state index < -0.39 is 0 Å². The van der Waals surface area contributed by atoms with Gasteiger partial charge in [0.1, 0.15) is 13.2 Å². The lowest BCUT2D eigenvalue weighted by molar-refractivity contribution is 0.139. The number of rotatable bonds is 3. The number of urea groups is 1. The van der Waals surface area contributed by atoms with Crippen LogP contribution in [0.4, 0.5) is 4.79 Å². The summed E-state index contributed by atoms with van der Waals surface area (Å²) in [5.41, 5.74) is 2.69. The fraction of sp³-hybridized carbons (Fsp3) is 0.720. The molecule has 0 bridgehead atoms. The average molecular weight is 426 g/mol. The number of likely N-dealkylation sites (tertiary alicyclic amines) is 1. The van der Waals surface area contributed by atoms with Gasteiger partial charge in [-0.1, -0.05) is 12.8 Å². The number of hydrogen-bond donors (Lipinski definition) is 1. The van der Waals surface area contributed by atoms with Crippen molar-refractivity contribution in [2.24, 2.45) is 5.92 Å². The Morgan fingerprint density at radius 3 is 2.61 bits per heavy atom. The predicted molar refractivity (Wildman–Crippen MR) is 119 cm³/mol. The van der Waals surface area contributed by atoms with Crippen molar-refractivity contribution in [3.63, 3.8) is 0 Å². The topological polar surface area (TPSA) is 54.0 Å². The van der Waals surface area contributed by atoms with Gasteiger partial charge in [0.25, 0.3) is 0 Å². The van der Waals surface area contributed by atoms with E-state index in [1.165, 1.54) is 49.8 Å². The molecule has 6 rings (SSSR count). The Morgan fingerprint density at radius 1 is 1.13 bits per heavy atom. The summed E-state index contributed by atoms with van der Waals surface area (Å²) in [6.07, 6.45) is 8.70. The molecule has 1 saturated heterocycles. The third-order valence-corrected chi connectivity index (χ3v) is 8.42. The van der Waals surface area contributed by atoms with Crippen molar-refractivity contribution < 1.29 is 14.3 Å². The highest BCUT2D eigenvalue weighted by Crippen LogP contribution is 2.51. The second kappa shape index (κ2) is 7.58. The highest BCUT2D eigenvalue weighted by atomic mass is 16.6. The molecule has 6 heteroatoms. The normalized spacial score (nSPS) is 29.3. The molecule has 1 aromatic carbocycles. The molecular formula is C25H35N3O3. The van der Waals surface area contributed by atoms with Crippen LogP contribution in [0, 0.1) is 5.92 Å². The van der Waals surface area contributed by atoms with E-state index in [0.29, 0.717) is 19.1 Å². The fourth-order valence-electron chi connectivity index (χ4n) is 6.49. The predicted octanol–water partition coefficient (Wildman–Crippen LogP) is 3.84. The third kappa shape index (κ3) is 3.47. The smallest absolute Gasteiger partial charge is 0.317 e. The number of carbonyl (C=O) groups is 1. The molecule has 3 heterocycles. The molecule has 0 aromatic heterocycles. The lowest BCUT2D eigenvalue weighted by Crippen LogP contribution is -2.52. The van der Waals surface area contributed by atoms with E-state index in [1.54, 1.807) is 0 Å². The monoisotopic (exact) mass is 425 g/mol. The van der Waals surface area contributed by atoms with Gasteiger partial charge in [0.05, 0.1) is 6.04 Å². The molecule has 168 valence electrons. The van der Waals surface area contributed by atoms with E-state index in [-0.39, 0.29) is 17.5 Å². The number of hydrogen-bond acceptors (Lipinski definition) is 4. The van der Waals surface area contributed by atoms with Gasteiger partial charge >= 0.3 is 6.03 Å². The molecule has 1 N–H and O–H groups in total. The van der Waals surface area contributed by atoms with E-state index in [2.05, 4.69) is 34.2 Å². The van der Waals surface area contributed by atoms with Crippen LogP contribution in [0.15, 0.2) is 12.1 Å². The van der Waals surface area contributed by atoms with Gasteiger partial charge in [-0.2, -0.15) is 0 Å². The summed E-state index contributed by atoms with van der Waals surface area (Å²) in [5.74, 6) is 2.30. The quantitative estimate of drug-likeness (QED) is 0.800. The van der Waals surface area contributed by atoms with E-state index in [0.717, 1.165) is 50.0 Å². The SMILES string of the molecule is CC1c2cc3c(cc2C2(CCCC2)CN1C(=O)NCC1CCN(C2CC2)C1)OCCO3. The molecule has 2 amide bonds. The maximum atomic E-state index is 13.4. The van der Waals surface area contributed by atoms with Crippen molar-refractivity contribution in [1.82, 2.24) is 15.1 Å². The average Bonchev–Trinajstić information content (AvgIpc) is 3.35. The summed E-state index contributed by atoms with van der Waals surface area (Å²) >= 11 is 0. The maximum absolute atomic E-state index is 13.4. The minimum absolute atomic E-state index is 0.0450. The molecule has 5 aliphatic rings. The van der Waals surface area contributed by atoms with Crippen molar-refractivity contribution in [2.45, 2.75) is 69.4 Å². The molecule has 1 aromatic rings. The van der Waals surface area contributed by atoms with E-state index in [9.17, 15) is 4.79 Å². The van der Waals surface area contributed by atoms with Crippen molar-refractivity contribution in [3.8, 4) is 11.5 Å². The molecule has 1 spiro atoms. The molecule has 2 unspecified atom stereocenters. The molecular weight excluding hydrogens is 390 g/mol. The number of fused-ring (bicyclic) bond motifs is 3. The lowest BCUT2D eigenvalue weighted by atomic mass is 9.71. The molecule has 3 aliphatic heterocycles. The Hall–Kier alpha value is -1.95. The van der Waals surface area contributed by atoms with E-state index >= 15 is 0 Å². The molecule has 0 radical (unpaired) electrons. The molecule has 2 saturated carbocycles. The Morgan fingerprint density at radius 2 is 1.87 bits per heavy atom. The van der Waals surface area contributed by atoms with Gasteiger partial charge in [-0.25, -0.2) is 4.79 Å². The molecule has 31 heavy (non-hydrogen) atoms. The zero-order chi connectivity index (χ0) is 21.0. The number of nitrogens with one attached hydrogen (secondary N) is 1. The summed E-state index contributed by atoms with van der Waals surface area (Å²) in [7, 11) is 0. The number of amides is 2. The summed E-state index contributed by atoms with van der Waals surface area (Å²) in [5, 5.41) is 3.31. The minimum atomic E-state index is 0.0450. The number of nitrogens with zero attached hydrogens (tertiary/aromatic N) is 2. The van der Waals surface area contributed by atoms with Crippen LogP contribution >= 0.6 is 0 Å². The molecule has 6 nitrogen and oxygen atoms in total.